The maximum Gasteiger partial charge on any atom is 0.278 e. The molecule has 6 nitrogen and oxygen atoms in total. The molecule has 1 saturated heterocycles. The molecule has 0 spiro atoms. The molecule has 1 heterocycles. The monoisotopic (exact) mass is 373 g/mol. The predicted octanol–water partition coefficient (Wildman–Crippen LogP) is 2.66. The van der Waals surface area contributed by atoms with Crippen molar-refractivity contribution in [1.29, 1.82) is 0 Å². The van der Waals surface area contributed by atoms with Crippen LogP contribution in [-0.4, -0.2) is 47.5 Å². The van der Waals surface area contributed by atoms with Crippen molar-refractivity contribution in [2.24, 2.45) is 0 Å². The molecule has 1 fully saturated rings. The Morgan fingerprint density at radius 1 is 1.30 bits per heavy atom. The lowest BCUT2D eigenvalue weighted by atomic mass is 9.98. The fraction of sp³-hybridized carbons (Fsp3) is 0.538. The van der Waals surface area contributed by atoms with Crippen molar-refractivity contribution >= 4 is 30.5 Å². The number of phenols is 1. The highest BCUT2D eigenvalue weighted by Gasteiger charge is 2.37. The molecule has 2 rings (SSSR count). The molecule has 1 aliphatic heterocycles. The van der Waals surface area contributed by atoms with Crippen LogP contribution >= 0.6 is 24.8 Å². The van der Waals surface area contributed by atoms with E-state index in [4.69, 9.17) is 0 Å². The first-order valence-corrected chi connectivity index (χ1v) is 6.63. The molecule has 1 aromatic rings. The summed E-state index contributed by atoms with van der Waals surface area (Å²) in [4.78, 5) is 11.9. The summed E-state index contributed by atoms with van der Waals surface area (Å²) in [5.74, 6) is -0.423. The molecule has 0 saturated carbocycles. The molecule has 0 aliphatic carbocycles. The Morgan fingerprint density at radius 3 is 2.35 bits per heavy atom. The first-order chi connectivity index (χ1) is 9.93. The molecule has 0 radical (unpaired) electrons. The topological polar surface area (TPSA) is 78.6 Å². The van der Waals surface area contributed by atoms with E-state index in [1.54, 1.807) is 0 Å². The van der Waals surface area contributed by atoms with Gasteiger partial charge in [-0.25, -0.2) is 8.78 Å². The smallest absolute Gasteiger partial charge is 0.278 e. The van der Waals surface area contributed by atoms with Gasteiger partial charge in [0.2, 0.25) is 0 Å². The van der Waals surface area contributed by atoms with Gasteiger partial charge in [-0.2, -0.15) is 0 Å². The van der Waals surface area contributed by atoms with Gasteiger partial charge in [-0.1, -0.05) is 0 Å². The van der Waals surface area contributed by atoms with E-state index in [0.29, 0.717) is 31.7 Å². The maximum absolute atomic E-state index is 13.5. The van der Waals surface area contributed by atoms with Crippen molar-refractivity contribution in [3.8, 4) is 5.75 Å². The van der Waals surface area contributed by atoms with E-state index in [1.807, 2.05) is 0 Å². The number of hydrogen-bond acceptors (Lipinski definition) is 5. The number of alkyl halides is 2. The zero-order chi connectivity index (χ0) is 15.6. The predicted molar refractivity (Wildman–Crippen MR) is 87.2 cm³/mol. The van der Waals surface area contributed by atoms with Gasteiger partial charge in [0.05, 0.1) is 10.5 Å². The molecule has 23 heavy (non-hydrogen) atoms. The van der Waals surface area contributed by atoms with Gasteiger partial charge in [0.25, 0.3) is 12.1 Å². The number of phenolic OH excluding ortho intramolecular Hbond substituents is 1. The number of benzene rings is 1. The van der Waals surface area contributed by atoms with Crippen LogP contribution in [0.1, 0.15) is 17.2 Å². The van der Waals surface area contributed by atoms with E-state index in [2.05, 4.69) is 5.32 Å². The molecule has 2 N–H and O–H groups in total. The number of nitro groups is 1. The number of hydrogen-bond donors (Lipinski definition) is 2. The van der Waals surface area contributed by atoms with Gasteiger partial charge in [-0.3, -0.25) is 15.0 Å². The highest BCUT2D eigenvalue weighted by Crippen LogP contribution is 2.41. The summed E-state index contributed by atoms with van der Waals surface area (Å²) in [7, 11) is 0. The summed E-state index contributed by atoms with van der Waals surface area (Å²) in [5, 5.41) is 24.3. The number of aryl methyl sites for hydroxylation is 1. The second-order valence-electron chi connectivity index (χ2n) is 4.99. The standard InChI is InChI=1S/C13H17F2N3O3.2ClH/c1-8-2-3-9(18(20)21)10(12(8)19)11(13(14)15)17-6-4-16-5-7-17;;/h2-3,11,13,16,19H,4-7H2,1H3;2*1H/t11-;;/m0../s1. The minimum absolute atomic E-state index is 0. The van der Waals surface area contributed by atoms with E-state index in [1.165, 1.54) is 24.0 Å². The van der Waals surface area contributed by atoms with Crippen LogP contribution < -0.4 is 5.32 Å². The zero-order valence-corrected chi connectivity index (χ0v) is 14.0. The van der Waals surface area contributed by atoms with Crippen molar-refractivity contribution in [2.45, 2.75) is 19.4 Å². The molecule has 1 aromatic carbocycles. The normalized spacial score (nSPS) is 16.3. The van der Waals surface area contributed by atoms with E-state index in [9.17, 15) is 24.0 Å². The minimum Gasteiger partial charge on any atom is -0.507 e. The van der Waals surface area contributed by atoms with Crippen LogP contribution in [0, 0.1) is 17.0 Å². The van der Waals surface area contributed by atoms with Crippen LogP contribution in [0.3, 0.4) is 0 Å². The third kappa shape index (κ3) is 4.63. The highest BCUT2D eigenvalue weighted by molar-refractivity contribution is 5.85. The van der Waals surface area contributed by atoms with Gasteiger partial charge in [0, 0.05) is 32.2 Å². The molecule has 0 aromatic heterocycles. The third-order valence-electron chi connectivity index (χ3n) is 3.67. The van der Waals surface area contributed by atoms with E-state index >= 15 is 0 Å². The van der Waals surface area contributed by atoms with Crippen LogP contribution in [0.5, 0.6) is 5.75 Å². The summed E-state index contributed by atoms with van der Waals surface area (Å²) >= 11 is 0. The van der Waals surface area contributed by atoms with Crippen LogP contribution in [0.2, 0.25) is 0 Å². The second-order valence-corrected chi connectivity index (χ2v) is 4.99. The molecular weight excluding hydrogens is 355 g/mol. The quantitative estimate of drug-likeness (QED) is 0.626. The molecule has 132 valence electrons. The van der Waals surface area contributed by atoms with E-state index in [0.717, 1.165) is 0 Å². The fourth-order valence-corrected chi connectivity index (χ4v) is 2.59. The Kier molecular flexibility index (Phi) is 8.68. The average molecular weight is 374 g/mol. The summed E-state index contributed by atoms with van der Waals surface area (Å²) in [5.41, 5.74) is -0.421. The lowest BCUT2D eigenvalue weighted by Gasteiger charge is -2.34. The Labute approximate surface area is 144 Å². The third-order valence-corrected chi connectivity index (χ3v) is 3.67. The molecule has 1 atom stereocenters. The molecule has 0 amide bonds. The van der Waals surface area contributed by atoms with Crippen LogP contribution in [0.25, 0.3) is 0 Å². The molecular formula is C13H19Cl2F2N3O3. The first-order valence-electron chi connectivity index (χ1n) is 6.63. The average Bonchev–Trinajstić information content (AvgIpc) is 2.44. The van der Waals surface area contributed by atoms with Gasteiger partial charge >= 0.3 is 0 Å². The summed E-state index contributed by atoms with van der Waals surface area (Å²) in [6.45, 7) is 3.29. The maximum atomic E-state index is 13.5. The number of piperazine rings is 1. The number of nitrogens with one attached hydrogen (secondary N) is 1. The van der Waals surface area contributed by atoms with Gasteiger partial charge in [0.1, 0.15) is 11.8 Å². The van der Waals surface area contributed by atoms with E-state index in [-0.39, 0.29) is 30.4 Å². The minimum atomic E-state index is -2.82. The Morgan fingerprint density at radius 2 is 1.87 bits per heavy atom. The van der Waals surface area contributed by atoms with Crippen molar-refractivity contribution in [3.63, 3.8) is 0 Å². The molecule has 0 unspecified atom stereocenters. The molecule has 10 heteroatoms. The van der Waals surface area contributed by atoms with Crippen molar-refractivity contribution in [1.82, 2.24) is 10.2 Å². The largest absolute Gasteiger partial charge is 0.507 e. The lowest BCUT2D eigenvalue weighted by Crippen LogP contribution is -2.47. The number of halogens is 4. The second kappa shape index (κ2) is 9.17. The zero-order valence-electron chi connectivity index (χ0n) is 12.4. The van der Waals surface area contributed by atoms with Gasteiger partial charge in [-0.05, 0) is 18.6 Å². The number of rotatable bonds is 4. The number of nitro benzene ring substituents is 1. The van der Waals surface area contributed by atoms with Crippen molar-refractivity contribution in [3.05, 3.63) is 33.4 Å². The van der Waals surface area contributed by atoms with Gasteiger partial charge in [0.15, 0.2) is 0 Å². The molecule has 0 bridgehead atoms. The summed E-state index contributed by atoms with van der Waals surface area (Å²) in [6, 6.07) is 1.05. The van der Waals surface area contributed by atoms with Crippen LogP contribution in [0.4, 0.5) is 14.5 Å². The summed E-state index contributed by atoms with van der Waals surface area (Å²) < 4.78 is 27.1. The Hall–Kier alpha value is -1.22. The van der Waals surface area contributed by atoms with E-state index < -0.39 is 28.8 Å². The van der Waals surface area contributed by atoms with Crippen LogP contribution in [0.15, 0.2) is 12.1 Å². The molecule has 1 aliphatic rings. The summed E-state index contributed by atoms with van der Waals surface area (Å²) in [6.07, 6.45) is -2.82. The Bertz CT molecular complexity index is 543. The Balaban J connectivity index is 0.00000242. The SMILES string of the molecule is Cc1ccc([N+](=O)[O-])c([C@@H](C(F)F)N2CCNCC2)c1O.Cl.Cl. The number of nitrogens with zero attached hydrogens (tertiary/aromatic N) is 2. The van der Waals surface area contributed by atoms with Crippen molar-refractivity contribution in [2.75, 3.05) is 26.2 Å². The van der Waals surface area contributed by atoms with Gasteiger partial charge < -0.3 is 10.4 Å². The van der Waals surface area contributed by atoms with Gasteiger partial charge in [-0.15, -0.1) is 24.8 Å². The van der Waals surface area contributed by atoms with Crippen LogP contribution in [-0.2, 0) is 0 Å². The number of aromatic hydroxyl groups is 1. The highest BCUT2D eigenvalue weighted by atomic mass is 35.5. The fourth-order valence-electron chi connectivity index (χ4n) is 2.59. The van der Waals surface area contributed by atoms with Crippen molar-refractivity contribution < 1.29 is 18.8 Å². The first kappa shape index (κ1) is 21.8. The lowest BCUT2D eigenvalue weighted by molar-refractivity contribution is -0.386.